The van der Waals surface area contributed by atoms with Crippen LogP contribution in [0.2, 0.25) is 0 Å². The number of hydrogen-bond acceptors (Lipinski definition) is 2. The molecule has 3 nitrogen and oxygen atoms in total. The van der Waals surface area contributed by atoms with Crippen LogP contribution in [-0.4, -0.2) is 35.1 Å². The third kappa shape index (κ3) is 3.38. The number of nitrogens with zero attached hydrogens (tertiary/aromatic N) is 1. The van der Waals surface area contributed by atoms with Crippen molar-refractivity contribution in [1.82, 2.24) is 4.90 Å². The maximum atomic E-state index is 12.5. The van der Waals surface area contributed by atoms with E-state index in [0.717, 1.165) is 34.6 Å². The SMILES string of the molecule is CN(C(=O)c1ccc(Br)cc1Br)C1CCCCC1O. The molecule has 0 spiro atoms. The molecule has 2 unspecified atom stereocenters. The molecule has 1 aromatic carbocycles. The van der Waals surface area contributed by atoms with Gasteiger partial charge in [0.1, 0.15) is 0 Å². The van der Waals surface area contributed by atoms with E-state index in [0.29, 0.717) is 5.56 Å². The highest BCUT2D eigenvalue weighted by Crippen LogP contribution is 2.27. The molecule has 2 rings (SSSR count). The van der Waals surface area contributed by atoms with E-state index in [1.165, 1.54) is 0 Å². The van der Waals surface area contributed by atoms with E-state index in [9.17, 15) is 9.90 Å². The molecule has 19 heavy (non-hydrogen) atoms. The Morgan fingerprint density at radius 1 is 1.32 bits per heavy atom. The Morgan fingerprint density at radius 3 is 2.63 bits per heavy atom. The highest BCUT2D eigenvalue weighted by atomic mass is 79.9. The highest BCUT2D eigenvalue weighted by molar-refractivity contribution is 9.11. The normalized spacial score (nSPS) is 23.2. The lowest BCUT2D eigenvalue weighted by Crippen LogP contribution is -2.46. The van der Waals surface area contributed by atoms with Crippen molar-refractivity contribution in [2.45, 2.75) is 37.8 Å². The predicted octanol–water partition coefficient (Wildman–Crippen LogP) is 3.59. The van der Waals surface area contributed by atoms with Gasteiger partial charge in [0.2, 0.25) is 0 Å². The van der Waals surface area contributed by atoms with Crippen molar-refractivity contribution < 1.29 is 9.90 Å². The van der Waals surface area contributed by atoms with Crippen LogP contribution in [0.1, 0.15) is 36.0 Å². The largest absolute Gasteiger partial charge is 0.391 e. The minimum atomic E-state index is -0.406. The molecule has 0 heterocycles. The molecule has 1 N–H and O–H groups in total. The minimum absolute atomic E-state index is 0.0506. The van der Waals surface area contributed by atoms with Gasteiger partial charge in [0.25, 0.3) is 5.91 Å². The summed E-state index contributed by atoms with van der Waals surface area (Å²) in [5.74, 6) is -0.0506. The maximum absolute atomic E-state index is 12.5. The van der Waals surface area contributed by atoms with Crippen LogP contribution in [0.5, 0.6) is 0 Å². The minimum Gasteiger partial charge on any atom is -0.391 e. The number of carbonyl (C=O) groups is 1. The number of rotatable bonds is 2. The van der Waals surface area contributed by atoms with Gasteiger partial charge in [-0.25, -0.2) is 0 Å². The second-order valence-corrected chi connectivity index (χ2v) is 6.73. The van der Waals surface area contributed by atoms with E-state index >= 15 is 0 Å². The number of carbonyl (C=O) groups excluding carboxylic acids is 1. The average Bonchev–Trinajstić information content (AvgIpc) is 2.38. The van der Waals surface area contributed by atoms with Crippen LogP contribution in [0.4, 0.5) is 0 Å². The molecular weight excluding hydrogens is 374 g/mol. The van der Waals surface area contributed by atoms with Crippen molar-refractivity contribution in [3.8, 4) is 0 Å². The zero-order valence-electron chi connectivity index (χ0n) is 10.8. The van der Waals surface area contributed by atoms with Gasteiger partial charge in [0, 0.05) is 16.0 Å². The average molecular weight is 391 g/mol. The molecule has 5 heteroatoms. The summed E-state index contributed by atoms with van der Waals surface area (Å²) in [5, 5.41) is 10.0. The smallest absolute Gasteiger partial charge is 0.255 e. The monoisotopic (exact) mass is 389 g/mol. The third-order valence-corrected chi connectivity index (χ3v) is 4.82. The fraction of sp³-hybridized carbons (Fsp3) is 0.500. The first kappa shape index (κ1) is 15.0. The van der Waals surface area contributed by atoms with E-state index < -0.39 is 6.10 Å². The summed E-state index contributed by atoms with van der Waals surface area (Å²) in [6.45, 7) is 0. The van der Waals surface area contributed by atoms with Crippen LogP contribution in [0.15, 0.2) is 27.1 Å². The van der Waals surface area contributed by atoms with E-state index in [1.807, 2.05) is 12.1 Å². The standard InChI is InChI=1S/C14H17Br2NO2/c1-17(12-4-2-3-5-13(12)18)14(19)10-7-6-9(15)8-11(10)16/h6-8,12-13,18H,2-5H2,1H3. The van der Waals surface area contributed by atoms with E-state index in [4.69, 9.17) is 0 Å². The van der Waals surface area contributed by atoms with Gasteiger partial charge in [-0.05, 0) is 47.0 Å². The molecule has 0 aromatic heterocycles. The molecule has 1 fully saturated rings. The van der Waals surface area contributed by atoms with Crippen molar-refractivity contribution in [1.29, 1.82) is 0 Å². The van der Waals surface area contributed by atoms with E-state index in [1.54, 1.807) is 18.0 Å². The Labute approximate surface area is 130 Å². The van der Waals surface area contributed by atoms with Gasteiger partial charge in [-0.1, -0.05) is 28.8 Å². The summed E-state index contributed by atoms with van der Waals surface area (Å²) in [6.07, 6.45) is 3.36. The van der Waals surface area contributed by atoms with Gasteiger partial charge in [-0.2, -0.15) is 0 Å². The quantitative estimate of drug-likeness (QED) is 0.838. The summed E-state index contributed by atoms with van der Waals surface area (Å²) in [6, 6.07) is 5.43. The molecule has 0 radical (unpaired) electrons. The highest BCUT2D eigenvalue weighted by Gasteiger charge is 2.30. The van der Waals surface area contributed by atoms with Crippen molar-refractivity contribution in [2.24, 2.45) is 0 Å². The molecule has 1 amide bonds. The number of halogens is 2. The van der Waals surface area contributed by atoms with Crippen LogP contribution in [0.25, 0.3) is 0 Å². The van der Waals surface area contributed by atoms with Crippen LogP contribution in [0.3, 0.4) is 0 Å². The van der Waals surface area contributed by atoms with E-state index in [-0.39, 0.29) is 11.9 Å². The fourth-order valence-electron chi connectivity index (χ4n) is 2.55. The molecule has 0 bridgehead atoms. The predicted molar refractivity (Wildman–Crippen MR) is 82.2 cm³/mol. The lowest BCUT2D eigenvalue weighted by Gasteiger charge is -2.35. The summed E-state index contributed by atoms with van der Waals surface area (Å²) in [4.78, 5) is 14.2. The van der Waals surface area contributed by atoms with Crippen LogP contribution < -0.4 is 0 Å². The molecular formula is C14H17Br2NO2. The number of aliphatic hydroxyl groups excluding tert-OH is 1. The first-order chi connectivity index (χ1) is 9.00. The van der Waals surface area contributed by atoms with Gasteiger partial charge < -0.3 is 10.0 Å². The third-order valence-electron chi connectivity index (χ3n) is 3.67. The lowest BCUT2D eigenvalue weighted by molar-refractivity contribution is 0.0267. The Hall–Kier alpha value is -0.390. The molecule has 104 valence electrons. The second-order valence-electron chi connectivity index (χ2n) is 4.96. The number of hydrogen-bond donors (Lipinski definition) is 1. The Bertz CT molecular complexity index is 479. The van der Waals surface area contributed by atoms with Gasteiger partial charge in [-0.3, -0.25) is 4.79 Å². The van der Waals surface area contributed by atoms with Crippen LogP contribution in [-0.2, 0) is 0 Å². The van der Waals surface area contributed by atoms with Crippen molar-refractivity contribution in [3.63, 3.8) is 0 Å². The zero-order valence-corrected chi connectivity index (χ0v) is 13.9. The summed E-state index contributed by atoms with van der Waals surface area (Å²) in [5.41, 5.74) is 0.628. The summed E-state index contributed by atoms with van der Waals surface area (Å²) < 4.78 is 1.69. The maximum Gasteiger partial charge on any atom is 0.255 e. The van der Waals surface area contributed by atoms with Gasteiger partial charge in [-0.15, -0.1) is 0 Å². The molecule has 1 aromatic rings. The van der Waals surface area contributed by atoms with Crippen molar-refractivity contribution in [3.05, 3.63) is 32.7 Å². The Kier molecular flexibility index (Phi) is 5.03. The van der Waals surface area contributed by atoms with Crippen molar-refractivity contribution in [2.75, 3.05) is 7.05 Å². The number of aliphatic hydroxyl groups is 1. The first-order valence-corrected chi connectivity index (χ1v) is 7.99. The Morgan fingerprint density at radius 2 is 2.00 bits per heavy atom. The van der Waals surface area contributed by atoms with Gasteiger partial charge >= 0.3 is 0 Å². The van der Waals surface area contributed by atoms with E-state index in [2.05, 4.69) is 31.9 Å². The summed E-state index contributed by atoms with van der Waals surface area (Å²) >= 11 is 6.79. The first-order valence-electron chi connectivity index (χ1n) is 6.41. The number of amides is 1. The van der Waals surface area contributed by atoms with Crippen molar-refractivity contribution >= 4 is 37.8 Å². The Balaban J connectivity index is 2.18. The number of benzene rings is 1. The molecule has 0 saturated heterocycles. The second kappa shape index (κ2) is 6.37. The molecule has 0 aliphatic heterocycles. The molecule has 1 aliphatic rings. The van der Waals surface area contributed by atoms with Crippen LogP contribution in [0, 0.1) is 0 Å². The fourth-order valence-corrected chi connectivity index (χ4v) is 3.76. The summed E-state index contributed by atoms with van der Waals surface area (Å²) in [7, 11) is 1.77. The topological polar surface area (TPSA) is 40.5 Å². The zero-order chi connectivity index (χ0) is 14.0. The van der Waals surface area contributed by atoms with Gasteiger partial charge in [0.05, 0.1) is 17.7 Å². The molecule has 1 saturated carbocycles. The van der Waals surface area contributed by atoms with Crippen LogP contribution >= 0.6 is 31.9 Å². The van der Waals surface area contributed by atoms with Gasteiger partial charge in [0.15, 0.2) is 0 Å². The molecule has 2 atom stereocenters. The lowest BCUT2D eigenvalue weighted by atomic mass is 9.91. The molecule has 1 aliphatic carbocycles. The number of likely N-dealkylation sites (N-methyl/N-ethyl adjacent to an activating group) is 1.